The molecule has 1 aliphatic carbocycles. The Labute approximate surface area is 238 Å². The van der Waals surface area contributed by atoms with E-state index in [1.165, 1.54) is 23.8 Å². The highest BCUT2D eigenvalue weighted by molar-refractivity contribution is 5.92. The molecule has 0 bridgehead atoms. The van der Waals surface area contributed by atoms with Gasteiger partial charge in [-0.3, -0.25) is 14.5 Å². The summed E-state index contributed by atoms with van der Waals surface area (Å²) >= 11 is 0. The first-order valence-corrected chi connectivity index (χ1v) is 14.0. The third-order valence-corrected chi connectivity index (χ3v) is 8.30. The van der Waals surface area contributed by atoms with Gasteiger partial charge in [0.1, 0.15) is 30.2 Å². The molecule has 0 radical (unpaired) electrons. The number of aryl methyl sites for hydroxylation is 1. The quantitative estimate of drug-likeness (QED) is 0.332. The molecule has 216 valence electrons. The SMILES string of the molecule is CC(=O)N1C[C@@H]2C(Nc3cc(C(=O)NC[C@H](O)CN4CCc5cc(OCc6ocnc6C)ccc5C4)ncn3)[C@@H]2C1. The summed E-state index contributed by atoms with van der Waals surface area (Å²) in [6, 6.07) is 7.97. The van der Waals surface area contributed by atoms with Gasteiger partial charge in [0, 0.05) is 70.1 Å². The standard InChI is InChI=1S/C29H35N7O5/c1-17-26(41-16-33-17)14-40-22-4-3-20-10-35(6-5-19(20)7-22)11-21(38)9-30-29(39)25-8-27(32-15-31-25)34-28-23-12-36(18(2)37)13-24(23)28/h3-4,7-8,15-16,21,23-24,28,38H,5-6,9-14H2,1-2H3,(H,30,39)(H,31,32,34)/t21-,23-,24+,28?/m0/s1. The molecule has 1 saturated heterocycles. The molecular formula is C29H35N7O5. The molecule has 3 N–H and O–H groups in total. The van der Waals surface area contributed by atoms with E-state index >= 15 is 0 Å². The number of amides is 2. The fraction of sp³-hybridized carbons (Fsp3) is 0.483. The number of aliphatic hydroxyl groups is 1. The zero-order valence-electron chi connectivity index (χ0n) is 23.2. The zero-order valence-corrected chi connectivity index (χ0v) is 23.2. The van der Waals surface area contributed by atoms with Crippen LogP contribution < -0.4 is 15.4 Å². The minimum Gasteiger partial charge on any atom is -0.486 e. The lowest BCUT2D eigenvalue weighted by atomic mass is 9.99. The number of rotatable bonds is 10. The van der Waals surface area contributed by atoms with E-state index in [0.29, 0.717) is 30.8 Å². The molecule has 41 heavy (non-hydrogen) atoms. The number of β-amino-alcohol motifs (C(OH)–C–C–N with tert-alkyl or cyclic N) is 1. The third kappa shape index (κ3) is 6.18. The largest absolute Gasteiger partial charge is 0.486 e. The lowest BCUT2D eigenvalue weighted by Gasteiger charge is -2.30. The molecule has 3 aromatic rings. The number of nitrogens with zero attached hydrogens (tertiary/aromatic N) is 5. The molecule has 2 aliphatic heterocycles. The van der Waals surface area contributed by atoms with Gasteiger partial charge in [-0.15, -0.1) is 0 Å². The summed E-state index contributed by atoms with van der Waals surface area (Å²) in [5.74, 6) is 2.70. The van der Waals surface area contributed by atoms with E-state index < -0.39 is 6.10 Å². The van der Waals surface area contributed by atoms with Crippen molar-refractivity contribution < 1.29 is 23.8 Å². The molecule has 6 rings (SSSR count). The van der Waals surface area contributed by atoms with Crippen LogP contribution in [0.2, 0.25) is 0 Å². The Hall–Kier alpha value is -4.03. The summed E-state index contributed by atoms with van der Waals surface area (Å²) in [5.41, 5.74) is 3.50. The first-order valence-electron chi connectivity index (χ1n) is 14.0. The molecule has 0 spiro atoms. The molecule has 2 fully saturated rings. The van der Waals surface area contributed by atoms with Gasteiger partial charge in [-0.25, -0.2) is 15.0 Å². The second-order valence-corrected chi connectivity index (χ2v) is 11.1. The molecule has 12 nitrogen and oxygen atoms in total. The second-order valence-electron chi connectivity index (χ2n) is 11.1. The van der Waals surface area contributed by atoms with Crippen LogP contribution in [0, 0.1) is 18.8 Å². The predicted molar refractivity (Wildman–Crippen MR) is 148 cm³/mol. The molecule has 4 heterocycles. The number of anilines is 1. The van der Waals surface area contributed by atoms with Crippen LogP contribution in [0.1, 0.15) is 40.0 Å². The van der Waals surface area contributed by atoms with Crippen molar-refractivity contribution in [1.29, 1.82) is 0 Å². The summed E-state index contributed by atoms with van der Waals surface area (Å²) in [5, 5.41) is 16.8. The number of hydrogen-bond donors (Lipinski definition) is 3. The summed E-state index contributed by atoms with van der Waals surface area (Å²) in [7, 11) is 0. The minimum absolute atomic E-state index is 0.110. The van der Waals surface area contributed by atoms with Crippen molar-refractivity contribution in [2.24, 2.45) is 11.8 Å². The Morgan fingerprint density at radius 3 is 2.76 bits per heavy atom. The lowest BCUT2D eigenvalue weighted by molar-refractivity contribution is -0.128. The first kappa shape index (κ1) is 27.2. The second kappa shape index (κ2) is 11.5. The number of ether oxygens (including phenoxy) is 1. The fourth-order valence-electron chi connectivity index (χ4n) is 5.84. The summed E-state index contributed by atoms with van der Waals surface area (Å²) in [4.78, 5) is 40.8. The Balaban J connectivity index is 0.942. The Bertz CT molecular complexity index is 1420. The highest BCUT2D eigenvalue weighted by Gasteiger charge is 2.56. The average molecular weight is 562 g/mol. The normalized spacial score (nSPS) is 22.0. The van der Waals surface area contributed by atoms with Crippen molar-refractivity contribution in [3.8, 4) is 5.75 Å². The van der Waals surface area contributed by atoms with Gasteiger partial charge in [0.05, 0.1) is 11.8 Å². The van der Waals surface area contributed by atoms with Crippen LogP contribution in [0.4, 0.5) is 5.82 Å². The minimum atomic E-state index is -0.720. The van der Waals surface area contributed by atoms with E-state index in [1.54, 1.807) is 13.0 Å². The molecule has 2 amide bonds. The van der Waals surface area contributed by atoms with Crippen molar-refractivity contribution in [2.45, 2.75) is 45.6 Å². The lowest BCUT2D eigenvalue weighted by Crippen LogP contribution is -2.42. The van der Waals surface area contributed by atoms with Gasteiger partial charge < -0.3 is 29.8 Å². The maximum atomic E-state index is 12.7. The maximum absolute atomic E-state index is 12.7. The van der Waals surface area contributed by atoms with Gasteiger partial charge in [0.25, 0.3) is 5.91 Å². The van der Waals surface area contributed by atoms with Crippen LogP contribution in [0.15, 0.2) is 41.4 Å². The van der Waals surface area contributed by atoms with E-state index in [-0.39, 0.29) is 30.1 Å². The van der Waals surface area contributed by atoms with Crippen LogP contribution in [-0.4, -0.2) is 86.5 Å². The van der Waals surface area contributed by atoms with E-state index in [4.69, 9.17) is 9.15 Å². The molecule has 1 aromatic carbocycles. The van der Waals surface area contributed by atoms with E-state index in [0.717, 1.165) is 49.8 Å². The summed E-state index contributed by atoms with van der Waals surface area (Å²) in [6.45, 7) is 7.43. The Morgan fingerprint density at radius 1 is 1.17 bits per heavy atom. The van der Waals surface area contributed by atoms with Gasteiger partial charge in [0.15, 0.2) is 12.2 Å². The number of hydrogen-bond acceptors (Lipinski definition) is 10. The number of nitrogens with one attached hydrogen (secondary N) is 2. The van der Waals surface area contributed by atoms with Gasteiger partial charge in [-0.05, 0) is 36.6 Å². The molecule has 1 saturated carbocycles. The number of fused-ring (bicyclic) bond motifs is 2. The average Bonchev–Trinajstić information content (AvgIpc) is 3.28. The highest BCUT2D eigenvalue weighted by Crippen LogP contribution is 2.47. The van der Waals surface area contributed by atoms with Crippen molar-refractivity contribution in [3.63, 3.8) is 0 Å². The third-order valence-electron chi connectivity index (χ3n) is 8.30. The van der Waals surface area contributed by atoms with Gasteiger partial charge >= 0.3 is 0 Å². The van der Waals surface area contributed by atoms with E-state index in [1.807, 2.05) is 17.9 Å². The molecular weight excluding hydrogens is 526 g/mol. The number of likely N-dealkylation sites (tertiary alicyclic amines) is 1. The Kier molecular flexibility index (Phi) is 7.59. The molecule has 3 aliphatic rings. The molecule has 1 unspecified atom stereocenters. The molecule has 2 aromatic heterocycles. The van der Waals surface area contributed by atoms with Crippen LogP contribution in [0.25, 0.3) is 0 Å². The monoisotopic (exact) mass is 561 g/mol. The summed E-state index contributed by atoms with van der Waals surface area (Å²) < 4.78 is 11.2. The van der Waals surface area contributed by atoms with Crippen molar-refractivity contribution in [2.75, 3.05) is 38.0 Å². The smallest absolute Gasteiger partial charge is 0.270 e. The summed E-state index contributed by atoms with van der Waals surface area (Å²) in [6.07, 6.45) is 2.91. The Morgan fingerprint density at radius 2 is 2.00 bits per heavy atom. The highest BCUT2D eigenvalue weighted by atomic mass is 16.5. The van der Waals surface area contributed by atoms with Crippen molar-refractivity contribution >= 4 is 17.6 Å². The topological polar surface area (TPSA) is 146 Å². The van der Waals surface area contributed by atoms with E-state index in [9.17, 15) is 14.7 Å². The number of piperidine rings is 1. The van der Waals surface area contributed by atoms with Crippen LogP contribution in [0.3, 0.4) is 0 Å². The number of aliphatic hydroxyl groups excluding tert-OH is 1. The van der Waals surface area contributed by atoms with Gasteiger partial charge in [-0.2, -0.15) is 0 Å². The van der Waals surface area contributed by atoms with Crippen LogP contribution in [-0.2, 0) is 24.4 Å². The fourth-order valence-corrected chi connectivity index (χ4v) is 5.84. The van der Waals surface area contributed by atoms with Crippen LogP contribution in [0.5, 0.6) is 5.75 Å². The van der Waals surface area contributed by atoms with Gasteiger partial charge in [-0.1, -0.05) is 6.07 Å². The van der Waals surface area contributed by atoms with Crippen molar-refractivity contribution in [1.82, 2.24) is 30.1 Å². The number of carbonyl (C=O) groups is 2. The number of oxazole rings is 1. The first-order chi connectivity index (χ1) is 19.8. The number of benzene rings is 1. The number of aromatic nitrogens is 3. The number of carbonyl (C=O) groups excluding carboxylic acids is 2. The zero-order chi connectivity index (χ0) is 28.5. The molecule has 12 heteroatoms. The van der Waals surface area contributed by atoms with E-state index in [2.05, 4.69) is 42.6 Å². The van der Waals surface area contributed by atoms with Crippen LogP contribution >= 0.6 is 0 Å². The van der Waals surface area contributed by atoms with Crippen molar-refractivity contribution in [3.05, 3.63) is 65.3 Å². The van der Waals surface area contributed by atoms with Gasteiger partial charge in [0.2, 0.25) is 5.91 Å². The predicted octanol–water partition coefficient (Wildman–Crippen LogP) is 1.39. The molecule has 4 atom stereocenters. The maximum Gasteiger partial charge on any atom is 0.270 e.